The Hall–Kier alpha value is -2.14. The summed E-state index contributed by atoms with van der Waals surface area (Å²) in [6, 6.07) is 10.1. The lowest BCUT2D eigenvalue weighted by Gasteiger charge is -2.26. The Kier molecular flexibility index (Phi) is 3.78. The highest BCUT2D eigenvalue weighted by atomic mass is 16.1. The van der Waals surface area contributed by atoms with Crippen molar-refractivity contribution in [1.82, 2.24) is 20.4 Å². The van der Waals surface area contributed by atoms with Crippen molar-refractivity contribution >= 4 is 5.91 Å². The maximum Gasteiger partial charge on any atom is 0.254 e. The van der Waals surface area contributed by atoms with Crippen LogP contribution in [0.1, 0.15) is 15.9 Å². The first-order valence-corrected chi connectivity index (χ1v) is 6.86. The molecule has 1 aliphatic heterocycles. The zero-order valence-corrected chi connectivity index (χ0v) is 11.2. The van der Waals surface area contributed by atoms with Gasteiger partial charge in [-0.1, -0.05) is 30.3 Å². The van der Waals surface area contributed by atoms with Crippen LogP contribution in [0.2, 0.25) is 0 Å². The number of aromatic nitrogens is 2. The molecule has 1 fully saturated rings. The highest BCUT2D eigenvalue weighted by Gasteiger charge is 2.18. The number of nitrogens with zero attached hydrogens (tertiary/aromatic N) is 2. The van der Waals surface area contributed by atoms with Gasteiger partial charge < -0.3 is 10.6 Å². The van der Waals surface area contributed by atoms with E-state index in [-0.39, 0.29) is 5.91 Å². The predicted molar refractivity (Wildman–Crippen MR) is 76.5 cm³/mol. The van der Waals surface area contributed by atoms with Gasteiger partial charge in [-0.25, -0.2) is 0 Å². The van der Waals surface area contributed by atoms with Gasteiger partial charge in [-0.3, -0.25) is 9.48 Å². The van der Waals surface area contributed by atoms with Crippen molar-refractivity contribution < 1.29 is 4.79 Å². The minimum absolute atomic E-state index is 0.0452. The van der Waals surface area contributed by atoms with E-state index in [1.807, 2.05) is 30.3 Å². The Bertz CT molecular complexity index is 575. The fourth-order valence-corrected chi connectivity index (χ4v) is 2.17. The summed E-state index contributed by atoms with van der Waals surface area (Å²) in [7, 11) is 0. The van der Waals surface area contributed by atoms with Crippen LogP contribution in [0.4, 0.5) is 0 Å². The quantitative estimate of drug-likeness (QED) is 0.848. The summed E-state index contributed by atoms with van der Waals surface area (Å²) in [6.45, 7) is 3.40. The Morgan fingerprint density at radius 1 is 1.35 bits per heavy atom. The van der Waals surface area contributed by atoms with Crippen LogP contribution in [0.25, 0.3) is 0 Å². The lowest BCUT2D eigenvalue weighted by Crippen LogP contribution is -2.48. The minimum Gasteiger partial charge on any atom is -0.352 e. The van der Waals surface area contributed by atoms with Gasteiger partial charge in [-0.15, -0.1) is 0 Å². The molecule has 0 unspecified atom stereocenters. The van der Waals surface area contributed by atoms with Crippen molar-refractivity contribution in [3.8, 4) is 0 Å². The average Bonchev–Trinajstić information content (AvgIpc) is 2.86. The summed E-state index contributed by atoms with van der Waals surface area (Å²) in [5, 5.41) is 10.4. The molecule has 1 aliphatic rings. The third kappa shape index (κ3) is 3.05. The summed E-state index contributed by atoms with van der Waals surface area (Å²) in [5.74, 6) is 0.523. The molecule has 1 aromatic carbocycles. The lowest BCUT2D eigenvalue weighted by molar-refractivity contribution is 0.0942. The fourth-order valence-electron chi connectivity index (χ4n) is 2.17. The van der Waals surface area contributed by atoms with Gasteiger partial charge in [-0.05, 0) is 5.56 Å². The lowest BCUT2D eigenvalue weighted by atomic mass is 10.0. The first kappa shape index (κ1) is 12.9. The van der Waals surface area contributed by atoms with Crippen molar-refractivity contribution in [1.29, 1.82) is 0 Å². The molecule has 1 saturated heterocycles. The van der Waals surface area contributed by atoms with Crippen LogP contribution in [-0.2, 0) is 6.54 Å². The third-order valence-corrected chi connectivity index (χ3v) is 3.50. The molecule has 2 heterocycles. The molecule has 0 saturated carbocycles. The van der Waals surface area contributed by atoms with E-state index in [4.69, 9.17) is 0 Å². The molecular formula is C15H18N4O. The van der Waals surface area contributed by atoms with Gasteiger partial charge >= 0.3 is 0 Å². The Morgan fingerprint density at radius 2 is 2.15 bits per heavy atom. The van der Waals surface area contributed by atoms with Crippen LogP contribution in [0.5, 0.6) is 0 Å². The summed E-state index contributed by atoms with van der Waals surface area (Å²) in [4.78, 5) is 12.0. The number of carbonyl (C=O) groups is 1. The number of nitrogens with one attached hydrogen (secondary N) is 2. The van der Waals surface area contributed by atoms with Crippen LogP contribution < -0.4 is 10.6 Å². The van der Waals surface area contributed by atoms with Gasteiger partial charge in [-0.2, -0.15) is 5.10 Å². The molecule has 104 valence electrons. The van der Waals surface area contributed by atoms with Gasteiger partial charge in [0.2, 0.25) is 0 Å². The SMILES string of the molecule is O=C(NCC1CNC1)c1cnn(Cc2ccccc2)c1. The molecule has 0 radical (unpaired) electrons. The monoisotopic (exact) mass is 270 g/mol. The molecule has 0 aliphatic carbocycles. The first-order valence-electron chi connectivity index (χ1n) is 6.86. The van der Waals surface area contributed by atoms with Crippen molar-refractivity contribution in [3.05, 3.63) is 53.9 Å². The van der Waals surface area contributed by atoms with E-state index in [9.17, 15) is 4.79 Å². The average molecular weight is 270 g/mol. The maximum absolute atomic E-state index is 12.0. The molecule has 20 heavy (non-hydrogen) atoms. The predicted octanol–water partition coefficient (Wildman–Crippen LogP) is 0.881. The second-order valence-electron chi connectivity index (χ2n) is 5.15. The molecule has 1 amide bonds. The Labute approximate surface area is 118 Å². The van der Waals surface area contributed by atoms with Crippen molar-refractivity contribution in [2.75, 3.05) is 19.6 Å². The Balaban J connectivity index is 1.56. The molecule has 0 bridgehead atoms. The summed E-state index contributed by atoms with van der Waals surface area (Å²) >= 11 is 0. The van der Waals surface area contributed by atoms with E-state index in [1.165, 1.54) is 5.56 Å². The number of benzene rings is 1. The van der Waals surface area contributed by atoms with Gasteiger partial charge in [0.05, 0.1) is 18.3 Å². The van der Waals surface area contributed by atoms with Gasteiger partial charge in [0.25, 0.3) is 5.91 Å². The van der Waals surface area contributed by atoms with E-state index in [0.717, 1.165) is 19.6 Å². The number of hydrogen-bond donors (Lipinski definition) is 2. The van der Waals surface area contributed by atoms with E-state index in [0.29, 0.717) is 18.0 Å². The molecule has 1 aromatic heterocycles. The number of amides is 1. The summed E-state index contributed by atoms with van der Waals surface area (Å²) in [5.41, 5.74) is 1.79. The van der Waals surface area contributed by atoms with Crippen molar-refractivity contribution in [3.63, 3.8) is 0 Å². The fraction of sp³-hybridized carbons (Fsp3) is 0.333. The normalized spacial score (nSPS) is 14.8. The maximum atomic E-state index is 12.0. The molecule has 0 atom stereocenters. The molecule has 2 N–H and O–H groups in total. The van der Waals surface area contributed by atoms with Gasteiger partial charge in [0.1, 0.15) is 0 Å². The number of rotatable bonds is 5. The molecular weight excluding hydrogens is 252 g/mol. The van der Waals surface area contributed by atoms with E-state index < -0.39 is 0 Å². The molecule has 3 rings (SSSR count). The second-order valence-corrected chi connectivity index (χ2v) is 5.15. The first-order chi connectivity index (χ1) is 9.81. The van der Waals surface area contributed by atoms with Crippen LogP contribution >= 0.6 is 0 Å². The van der Waals surface area contributed by atoms with Crippen molar-refractivity contribution in [2.24, 2.45) is 5.92 Å². The standard InChI is InChI=1S/C15H18N4O/c20-15(17-8-13-6-16-7-13)14-9-18-19(11-14)10-12-4-2-1-3-5-12/h1-5,9,11,13,16H,6-8,10H2,(H,17,20). The van der Waals surface area contributed by atoms with Crippen LogP contribution in [0.3, 0.4) is 0 Å². The smallest absolute Gasteiger partial charge is 0.254 e. The zero-order chi connectivity index (χ0) is 13.8. The molecule has 5 nitrogen and oxygen atoms in total. The highest BCUT2D eigenvalue weighted by molar-refractivity contribution is 5.93. The Morgan fingerprint density at radius 3 is 2.85 bits per heavy atom. The molecule has 2 aromatic rings. The summed E-state index contributed by atoms with van der Waals surface area (Å²) in [6.07, 6.45) is 3.42. The van der Waals surface area contributed by atoms with Crippen LogP contribution in [0.15, 0.2) is 42.7 Å². The van der Waals surface area contributed by atoms with Crippen molar-refractivity contribution in [2.45, 2.75) is 6.54 Å². The molecule has 5 heteroatoms. The number of hydrogen-bond acceptors (Lipinski definition) is 3. The second kappa shape index (κ2) is 5.88. The molecule has 0 spiro atoms. The van der Waals surface area contributed by atoms with E-state index >= 15 is 0 Å². The topological polar surface area (TPSA) is 59.0 Å². The highest BCUT2D eigenvalue weighted by Crippen LogP contribution is 2.05. The van der Waals surface area contributed by atoms with Crippen LogP contribution in [0, 0.1) is 5.92 Å². The van der Waals surface area contributed by atoms with E-state index in [2.05, 4.69) is 15.7 Å². The largest absolute Gasteiger partial charge is 0.352 e. The van der Waals surface area contributed by atoms with Crippen LogP contribution in [-0.4, -0.2) is 35.3 Å². The van der Waals surface area contributed by atoms with Gasteiger partial charge in [0, 0.05) is 31.7 Å². The summed E-state index contributed by atoms with van der Waals surface area (Å²) < 4.78 is 1.79. The number of carbonyl (C=O) groups excluding carboxylic acids is 1. The zero-order valence-electron chi connectivity index (χ0n) is 11.2. The minimum atomic E-state index is -0.0452. The third-order valence-electron chi connectivity index (χ3n) is 3.50. The van der Waals surface area contributed by atoms with Gasteiger partial charge in [0.15, 0.2) is 0 Å². The van der Waals surface area contributed by atoms with E-state index in [1.54, 1.807) is 17.1 Å².